The third-order valence-electron chi connectivity index (χ3n) is 2.72. The normalized spacial score (nSPS) is 18.5. The second kappa shape index (κ2) is 5.55. The number of ether oxygens (including phenoxy) is 1. The van der Waals surface area contributed by atoms with E-state index < -0.39 is 0 Å². The minimum Gasteiger partial charge on any atom is -0.489 e. The van der Waals surface area contributed by atoms with Crippen LogP contribution in [0.1, 0.15) is 12.8 Å². The van der Waals surface area contributed by atoms with Gasteiger partial charge in [0.1, 0.15) is 12.4 Å². The molecule has 88 valence electrons. The topological polar surface area (TPSA) is 33.3 Å². The molecule has 0 saturated carbocycles. The van der Waals surface area contributed by atoms with Gasteiger partial charge in [0.15, 0.2) is 0 Å². The Morgan fingerprint density at radius 3 is 3.25 bits per heavy atom. The SMILES string of the molecule is CNCCCC1COc2ccc(Br)cc2N1. The number of rotatable bonds is 4. The van der Waals surface area contributed by atoms with Crippen LogP contribution in [0.2, 0.25) is 0 Å². The van der Waals surface area contributed by atoms with E-state index in [1.165, 1.54) is 6.42 Å². The number of fused-ring (bicyclic) bond motifs is 1. The highest BCUT2D eigenvalue weighted by Crippen LogP contribution is 2.32. The summed E-state index contributed by atoms with van der Waals surface area (Å²) in [5.41, 5.74) is 1.09. The molecule has 0 spiro atoms. The van der Waals surface area contributed by atoms with Gasteiger partial charge in [-0.05, 0) is 44.6 Å². The van der Waals surface area contributed by atoms with Gasteiger partial charge < -0.3 is 15.4 Å². The van der Waals surface area contributed by atoms with Crippen molar-refractivity contribution in [1.29, 1.82) is 0 Å². The maximum absolute atomic E-state index is 5.72. The summed E-state index contributed by atoms with van der Waals surface area (Å²) < 4.78 is 6.80. The van der Waals surface area contributed by atoms with E-state index >= 15 is 0 Å². The molecule has 1 unspecified atom stereocenters. The highest BCUT2D eigenvalue weighted by atomic mass is 79.9. The van der Waals surface area contributed by atoms with E-state index in [1.807, 2.05) is 19.2 Å². The van der Waals surface area contributed by atoms with E-state index in [-0.39, 0.29) is 0 Å². The molecular weight excluding hydrogens is 268 g/mol. The maximum atomic E-state index is 5.72. The number of hydrogen-bond donors (Lipinski definition) is 2. The first-order valence-electron chi connectivity index (χ1n) is 5.63. The monoisotopic (exact) mass is 284 g/mol. The minimum absolute atomic E-state index is 0.426. The third-order valence-corrected chi connectivity index (χ3v) is 3.21. The summed E-state index contributed by atoms with van der Waals surface area (Å²) in [5.74, 6) is 0.952. The molecule has 1 aromatic rings. The summed E-state index contributed by atoms with van der Waals surface area (Å²) in [6.45, 7) is 1.82. The van der Waals surface area contributed by atoms with Gasteiger partial charge in [0.05, 0.1) is 11.7 Å². The summed E-state index contributed by atoms with van der Waals surface area (Å²) in [5, 5.41) is 6.67. The van der Waals surface area contributed by atoms with Gasteiger partial charge in [-0.2, -0.15) is 0 Å². The van der Waals surface area contributed by atoms with Crippen molar-refractivity contribution in [1.82, 2.24) is 5.32 Å². The Hall–Kier alpha value is -0.740. The van der Waals surface area contributed by atoms with Gasteiger partial charge in [-0.25, -0.2) is 0 Å². The highest BCUT2D eigenvalue weighted by Gasteiger charge is 2.18. The Balaban J connectivity index is 1.94. The average Bonchev–Trinajstić information content (AvgIpc) is 2.29. The van der Waals surface area contributed by atoms with Crippen molar-refractivity contribution in [2.45, 2.75) is 18.9 Å². The number of halogens is 1. The van der Waals surface area contributed by atoms with Gasteiger partial charge in [-0.1, -0.05) is 15.9 Å². The molecule has 3 nitrogen and oxygen atoms in total. The van der Waals surface area contributed by atoms with Crippen molar-refractivity contribution in [2.75, 3.05) is 25.5 Å². The summed E-state index contributed by atoms with van der Waals surface area (Å²) in [7, 11) is 1.98. The molecule has 1 atom stereocenters. The van der Waals surface area contributed by atoms with Crippen molar-refractivity contribution in [3.8, 4) is 5.75 Å². The first kappa shape index (κ1) is 11.7. The standard InChI is InChI=1S/C12H17BrN2O/c1-14-6-2-3-10-8-16-12-5-4-9(13)7-11(12)15-10/h4-5,7,10,14-15H,2-3,6,8H2,1H3. The zero-order chi connectivity index (χ0) is 11.4. The Morgan fingerprint density at radius 1 is 1.56 bits per heavy atom. The fourth-order valence-corrected chi connectivity index (χ4v) is 2.23. The van der Waals surface area contributed by atoms with E-state index in [0.29, 0.717) is 6.04 Å². The molecule has 0 bridgehead atoms. The molecule has 1 aliphatic rings. The Morgan fingerprint density at radius 2 is 2.44 bits per heavy atom. The Kier molecular flexibility index (Phi) is 4.07. The second-order valence-electron chi connectivity index (χ2n) is 4.04. The Labute approximate surface area is 105 Å². The van der Waals surface area contributed by atoms with Gasteiger partial charge in [0.2, 0.25) is 0 Å². The van der Waals surface area contributed by atoms with Gasteiger partial charge in [0.25, 0.3) is 0 Å². The lowest BCUT2D eigenvalue weighted by Gasteiger charge is -2.27. The summed E-state index contributed by atoms with van der Waals surface area (Å²) >= 11 is 3.47. The van der Waals surface area contributed by atoms with Gasteiger partial charge in [0, 0.05) is 4.47 Å². The van der Waals surface area contributed by atoms with Crippen LogP contribution in [0.25, 0.3) is 0 Å². The van der Waals surface area contributed by atoms with Crippen molar-refractivity contribution in [2.24, 2.45) is 0 Å². The predicted molar refractivity (Wildman–Crippen MR) is 70.2 cm³/mol. The van der Waals surface area contributed by atoms with Crippen LogP contribution in [0.4, 0.5) is 5.69 Å². The molecule has 1 heterocycles. The fraction of sp³-hybridized carbons (Fsp3) is 0.500. The van der Waals surface area contributed by atoms with Crippen LogP contribution >= 0.6 is 15.9 Å². The van der Waals surface area contributed by atoms with E-state index in [0.717, 1.165) is 35.5 Å². The van der Waals surface area contributed by atoms with Crippen LogP contribution in [-0.4, -0.2) is 26.2 Å². The summed E-state index contributed by atoms with van der Waals surface area (Å²) in [6, 6.07) is 6.49. The maximum Gasteiger partial charge on any atom is 0.142 e. The van der Waals surface area contributed by atoms with Crippen molar-refractivity contribution in [3.63, 3.8) is 0 Å². The molecule has 1 aliphatic heterocycles. The second-order valence-corrected chi connectivity index (χ2v) is 4.95. The summed E-state index contributed by atoms with van der Waals surface area (Å²) in [4.78, 5) is 0. The third kappa shape index (κ3) is 2.89. The lowest BCUT2D eigenvalue weighted by atomic mass is 10.1. The largest absolute Gasteiger partial charge is 0.489 e. The average molecular weight is 285 g/mol. The van der Waals surface area contributed by atoms with Crippen LogP contribution in [0, 0.1) is 0 Å². The number of nitrogens with one attached hydrogen (secondary N) is 2. The predicted octanol–water partition coefficient (Wildman–Crippen LogP) is 2.62. The van der Waals surface area contributed by atoms with Crippen molar-refractivity contribution < 1.29 is 4.74 Å². The van der Waals surface area contributed by atoms with E-state index in [4.69, 9.17) is 4.74 Å². The van der Waals surface area contributed by atoms with Crippen molar-refractivity contribution >= 4 is 21.6 Å². The quantitative estimate of drug-likeness (QED) is 0.834. The Bertz CT molecular complexity index is 357. The number of anilines is 1. The van der Waals surface area contributed by atoms with Gasteiger partial charge in [-0.15, -0.1) is 0 Å². The first-order chi connectivity index (χ1) is 7.79. The minimum atomic E-state index is 0.426. The molecule has 4 heteroatoms. The lowest BCUT2D eigenvalue weighted by Crippen LogP contribution is -2.32. The van der Waals surface area contributed by atoms with E-state index in [9.17, 15) is 0 Å². The first-order valence-corrected chi connectivity index (χ1v) is 6.42. The molecule has 0 amide bonds. The van der Waals surface area contributed by atoms with Crippen LogP contribution in [0.15, 0.2) is 22.7 Å². The van der Waals surface area contributed by atoms with Crippen LogP contribution in [0.5, 0.6) is 5.75 Å². The zero-order valence-corrected chi connectivity index (χ0v) is 11.0. The molecular formula is C12H17BrN2O. The van der Waals surface area contributed by atoms with Crippen molar-refractivity contribution in [3.05, 3.63) is 22.7 Å². The smallest absolute Gasteiger partial charge is 0.142 e. The highest BCUT2D eigenvalue weighted by molar-refractivity contribution is 9.10. The zero-order valence-electron chi connectivity index (χ0n) is 9.42. The van der Waals surface area contributed by atoms with Gasteiger partial charge >= 0.3 is 0 Å². The summed E-state index contributed by atoms with van der Waals surface area (Å²) in [6.07, 6.45) is 2.30. The molecule has 1 aromatic carbocycles. The lowest BCUT2D eigenvalue weighted by molar-refractivity contribution is 0.276. The fourth-order valence-electron chi connectivity index (χ4n) is 1.87. The molecule has 0 radical (unpaired) electrons. The number of benzene rings is 1. The molecule has 0 aliphatic carbocycles. The van der Waals surface area contributed by atoms with Crippen LogP contribution in [-0.2, 0) is 0 Å². The van der Waals surface area contributed by atoms with E-state index in [2.05, 4.69) is 32.6 Å². The molecule has 2 N–H and O–H groups in total. The molecule has 2 rings (SSSR count). The molecule has 0 saturated heterocycles. The van der Waals surface area contributed by atoms with Crippen LogP contribution in [0.3, 0.4) is 0 Å². The molecule has 0 aromatic heterocycles. The van der Waals surface area contributed by atoms with Gasteiger partial charge in [-0.3, -0.25) is 0 Å². The van der Waals surface area contributed by atoms with E-state index in [1.54, 1.807) is 0 Å². The molecule has 0 fully saturated rings. The number of hydrogen-bond acceptors (Lipinski definition) is 3. The van der Waals surface area contributed by atoms with Crippen LogP contribution < -0.4 is 15.4 Å². The molecule has 16 heavy (non-hydrogen) atoms.